The van der Waals surface area contributed by atoms with E-state index in [4.69, 9.17) is 0 Å². The van der Waals surface area contributed by atoms with E-state index in [0.717, 1.165) is 19.5 Å². The minimum atomic E-state index is 0.0867. The van der Waals surface area contributed by atoms with Crippen LogP contribution in [0.5, 0.6) is 0 Å². The molecule has 8 heteroatoms. The molecule has 0 atom stereocenters. The first-order valence-corrected chi connectivity index (χ1v) is 7.90. The quantitative estimate of drug-likeness (QED) is 0.532. The maximum Gasteiger partial charge on any atom is 0.233 e. The van der Waals surface area contributed by atoms with Crippen molar-refractivity contribution in [2.45, 2.75) is 44.9 Å². The Balaban J connectivity index is 2.41. The van der Waals surface area contributed by atoms with Gasteiger partial charge in [-0.2, -0.15) is 0 Å². The highest BCUT2D eigenvalue weighted by Gasteiger charge is 2.14. The van der Waals surface area contributed by atoms with Crippen LogP contribution < -0.4 is 5.32 Å². The van der Waals surface area contributed by atoms with Crippen LogP contribution in [0.15, 0.2) is 5.16 Å². The summed E-state index contributed by atoms with van der Waals surface area (Å²) >= 11 is 1.38. The second kappa shape index (κ2) is 8.91. The second-order valence-corrected chi connectivity index (χ2v) is 5.76. The van der Waals surface area contributed by atoms with Crippen molar-refractivity contribution in [2.24, 2.45) is 0 Å². The third kappa shape index (κ3) is 5.46. The lowest BCUT2D eigenvalue weighted by atomic mass is 10.3. The number of aromatic nitrogens is 4. The van der Waals surface area contributed by atoms with Gasteiger partial charge in [0, 0.05) is 19.6 Å². The molecule has 1 aromatic heterocycles. The molecular formula is C12H24N6OS. The fraction of sp³-hybridized carbons (Fsp3) is 0.833. The standard InChI is InChI=1S/C12H24N6OS/c1-5-6-13-7-8-18-12(14-15-16-18)20-9-11(19)17(4)10(2)3/h10,13H,5-9H2,1-4H3. The summed E-state index contributed by atoms with van der Waals surface area (Å²) in [6.07, 6.45) is 1.10. The van der Waals surface area contributed by atoms with Crippen LogP contribution in [0.25, 0.3) is 0 Å². The third-order valence-corrected chi connectivity index (χ3v) is 3.86. The number of rotatable bonds is 9. The number of nitrogens with zero attached hydrogens (tertiary/aromatic N) is 5. The van der Waals surface area contributed by atoms with Crippen LogP contribution in [-0.2, 0) is 11.3 Å². The number of thioether (sulfide) groups is 1. The van der Waals surface area contributed by atoms with E-state index in [1.165, 1.54) is 11.8 Å². The van der Waals surface area contributed by atoms with Gasteiger partial charge in [-0.25, -0.2) is 4.68 Å². The van der Waals surface area contributed by atoms with Gasteiger partial charge < -0.3 is 10.2 Å². The highest BCUT2D eigenvalue weighted by Crippen LogP contribution is 2.14. The van der Waals surface area contributed by atoms with Crippen LogP contribution in [0.1, 0.15) is 27.2 Å². The number of nitrogens with one attached hydrogen (secondary N) is 1. The summed E-state index contributed by atoms with van der Waals surface area (Å²) in [5.41, 5.74) is 0. The van der Waals surface area contributed by atoms with Gasteiger partial charge in [0.2, 0.25) is 11.1 Å². The number of hydrogen-bond acceptors (Lipinski definition) is 6. The van der Waals surface area contributed by atoms with Gasteiger partial charge in [-0.05, 0) is 37.2 Å². The van der Waals surface area contributed by atoms with Gasteiger partial charge >= 0.3 is 0 Å². The minimum absolute atomic E-state index is 0.0867. The molecule has 0 saturated carbocycles. The normalized spacial score (nSPS) is 11.1. The molecule has 0 aromatic carbocycles. The van der Waals surface area contributed by atoms with Gasteiger partial charge in [0.05, 0.1) is 12.3 Å². The molecule has 20 heavy (non-hydrogen) atoms. The molecule has 1 aromatic rings. The van der Waals surface area contributed by atoms with Crippen molar-refractivity contribution >= 4 is 17.7 Å². The van der Waals surface area contributed by atoms with Gasteiger partial charge in [-0.3, -0.25) is 4.79 Å². The van der Waals surface area contributed by atoms with Gasteiger partial charge in [0.1, 0.15) is 0 Å². The molecule has 0 aliphatic rings. The van der Waals surface area contributed by atoms with Crippen molar-refractivity contribution < 1.29 is 4.79 Å². The smallest absolute Gasteiger partial charge is 0.233 e. The van der Waals surface area contributed by atoms with Crippen LogP contribution in [0, 0.1) is 0 Å². The molecule has 0 spiro atoms. The molecule has 0 saturated heterocycles. The Hall–Kier alpha value is -1.15. The molecule has 0 fully saturated rings. The summed E-state index contributed by atoms with van der Waals surface area (Å²) < 4.78 is 1.73. The van der Waals surface area contributed by atoms with E-state index in [1.54, 1.807) is 9.58 Å². The van der Waals surface area contributed by atoms with E-state index in [-0.39, 0.29) is 11.9 Å². The molecule has 114 valence electrons. The van der Waals surface area contributed by atoms with Crippen molar-refractivity contribution in [1.29, 1.82) is 0 Å². The summed E-state index contributed by atoms with van der Waals surface area (Å²) in [6.45, 7) is 8.64. The van der Waals surface area contributed by atoms with Gasteiger partial charge in [0.15, 0.2) is 0 Å². The maximum atomic E-state index is 11.9. The molecule has 0 bridgehead atoms. The Labute approximate surface area is 124 Å². The molecule has 7 nitrogen and oxygen atoms in total. The van der Waals surface area contributed by atoms with Crippen LogP contribution in [0.4, 0.5) is 0 Å². The predicted molar refractivity (Wildman–Crippen MR) is 79.6 cm³/mol. The zero-order chi connectivity index (χ0) is 15.0. The molecule has 1 rings (SSSR count). The highest BCUT2D eigenvalue weighted by atomic mass is 32.2. The van der Waals surface area contributed by atoms with Crippen LogP contribution in [0.2, 0.25) is 0 Å². The van der Waals surface area contributed by atoms with Gasteiger partial charge in [-0.1, -0.05) is 18.7 Å². The van der Waals surface area contributed by atoms with Crippen molar-refractivity contribution in [2.75, 3.05) is 25.9 Å². The molecular weight excluding hydrogens is 276 g/mol. The molecule has 1 N–H and O–H groups in total. The SMILES string of the molecule is CCCNCCn1nnnc1SCC(=O)N(C)C(C)C. The number of tetrazole rings is 1. The predicted octanol–water partition coefficient (Wildman–Crippen LogP) is 0.632. The van der Waals surface area contributed by atoms with E-state index in [9.17, 15) is 4.79 Å². The fourth-order valence-electron chi connectivity index (χ4n) is 1.44. The number of amides is 1. The molecule has 0 aliphatic carbocycles. The first-order valence-electron chi connectivity index (χ1n) is 6.91. The monoisotopic (exact) mass is 300 g/mol. The second-order valence-electron chi connectivity index (χ2n) is 4.82. The molecule has 1 amide bonds. The van der Waals surface area contributed by atoms with E-state index in [0.29, 0.717) is 17.5 Å². The lowest BCUT2D eigenvalue weighted by Crippen LogP contribution is -2.34. The van der Waals surface area contributed by atoms with Crippen molar-refractivity contribution in [3.8, 4) is 0 Å². The zero-order valence-electron chi connectivity index (χ0n) is 12.7. The molecule has 0 unspecified atom stereocenters. The first-order chi connectivity index (χ1) is 9.56. The van der Waals surface area contributed by atoms with Crippen molar-refractivity contribution in [1.82, 2.24) is 30.4 Å². The summed E-state index contributed by atoms with van der Waals surface area (Å²) in [4.78, 5) is 13.6. The van der Waals surface area contributed by atoms with Crippen molar-refractivity contribution in [3.63, 3.8) is 0 Å². The highest BCUT2D eigenvalue weighted by molar-refractivity contribution is 7.99. The third-order valence-electron chi connectivity index (χ3n) is 2.92. The molecule has 0 radical (unpaired) electrons. The summed E-state index contributed by atoms with van der Waals surface area (Å²) in [6, 6.07) is 0.206. The van der Waals surface area contributed by atoms with Crippen LogP contribution >= 0.6 is 11.8 Å². The number of hydrogen-bond donors (Lipinski definition) is 1. The average Bonchev–Trinajstić information content (AvgIpc) is 2.87. The maximum absolute atomic E-state index is 11.9. The lowest BCUT2D eigenvalue weighted by Gasteiger charge is -2.20. The van der Waals surface area contributed by atoms with E-state index < -0.39 is 0 Å². The van der Waals surface area contributed by atoms with E-state index >= 15 is 0 Å². The minimum Gasteiger partial charge on any atom is -0.343 e. The lowest BCUT2D eigenvalue weighted by molar-refractivity contribution is -0.128. The number of carbonyl (C=O) groups is 1. The van der Waals surface area contributed by atoms with E-state index in [1.807, 2.05) is 20.9 Å². The Bertz CT molecular complexity index is 408. The van der Waals surface area contributed by atoms with Crippen molar-refractivity contribution in [3.05, 3.63) is 0 Å². The summed E-state index contributed by atoms with van der Waals surface area (Å²) in [5, 5.41) is 15.6. The van der Waals surface area contributed by atoms with Gasteiger partial charge in [-0.15, -0.1) is 5.10 Å². The molecule has 1 heterocycles. The average molecular weight is 300 g/mol. The van der Waals surface area contributed by atoms with Gasteiger partial charge in [0.25, 0.3) is 0 Å². The summed E-state index contributed by atoms with van der Waals surface area (Å²) in [7, 11) is 1.81. The Morgan fingerprint density at radius 3 is 2.85 bits per heavy atom. The zero-order valence-corrected chi connectivity index (χ0v) is 13.5. The summed E-state index contributed by atoms with van der Waals surface area (Å²) in [5.74, 6) is 0.445. The number of carbonyl (C=O) groups excluding carboxylic acids is 1. The first kappa shape index (κ1) is 16.9. The largest absolute Gasteiger partial charge is 0.343 e. The van der Waals surface area contributed by atoms with E-state index in [2.05, 4.69) is 27.8 Å². The van der Waals surface area contributed by atoms with Crippen LogP contribution in [0.3, 0.4) is 0 Å². The fourth-order valence-corrected chi connectivity index (χ4v) is 2.27. The Morgan fingerprint density at radius 1 is 1.45 bits per heavy atom. The Morgan fingerprint density at radius 2 is 2.20 bits per heavy atom. The topological polar surface area (TPSA) is 75.9 Å². The Kier molecular flexibility index (Phi) is 7.53. The van der Waals surface area contributed by atoms with Crippen LogP contribution in [-0.4, -0.2) is 62.9 Å². The molecule has 0 aliphatic heterocycles.